The Hall–Kier alpha value is -1.83. The number of hydrogen-bond donors (Lipinski definition) is 0. The molecular formula is C25H33N2+. The summed E-state index contributed by atoms with van der Waals surface area (Å²) in [4.78, 5) is 0. The highest BCUT2D eigenvalue weighted by Crippen LogP contribution is 2.50. The molecule has 0 atom stereocenters. The van der Waals surface area contributed by atoms with Gasteiger partial charge in [0, 0.05) is 29.7 Å². The van der Waals surface area contributed by atoms with E-state index in [1.54, 1.807) is 0 Å². The van der Waals surface area contributed by atoms with Gasteiger partial charge in [-0.25, -0.2) is 4.57 Å². The molecule has 0 spiro atoms. The van der Waals surface area contributed by atoms with Gasteiger partial charge in [-0.3, -0.25) is 0 Å². The number of aryl methyl sites for hydroxylation is 1. The van der Waals surface area contributed by atoms with Crippen molar-refractivity contribution in [3.8, 4) is 5.69 Å². The summed E-state index contributed by atoms with van der Waals surface area (Å²) in [5.74, 6) is 1.57. The molecule has 2 fully saturated rings. The minimum absolute atomic E-state index is 0.176. The predicted molar refractivity (Wildman–Crippen MR) is 111 cm³/mol. The lowest BCUT2D eigenvalue weighted by Gasteiger charge is -2.38. The van der Waals surface area contributed by atoms with Gasteiger partial charge in [0.15, 0.2) is 11.4 Å². The standard InChI is InChI=1S/C25H33N2/c1-18-10-4-9-15-23(18)26-19(2)24-16-17-25(27(24)20(26)3,21-11-5-6-12-21)22-13-7-8-14-22/h4,9-10,15-17,21-22H,5-8,11-14H2,1-3H3/q+1/i3D3. The van der Waals surface area contributed by atoms with Crippen molar-refractivity contribution in [2.75, 3.05) is 0 Å². The first-order valence-corrected chi connectivity index (χ1v) is 10.8. The molecule has 5 rings (SSSR count). The highest BCUT2D eigenvalue weighted by molar-refractivity contribution is 5.53. The Morgan fingerprint density at radius 1 is 1.00 bits per heavy atom. The topological polar surface area (TPSA) is 8.81 Å². The molecule has 2 heteroatoms. The fraction of sp³-hybridized carbons (Fsp3) is 0.560. The van der Waals surface area contributed by atoms with E-state index < -0.39 is 6.85 Å². The van der Waals surface area contributed by atoms with Gasteiger partial charge in [0.05, 0.1) is 0 Å². The summed E-state index contributed by atoms with van der Waals surface area (Å²) >= 11 is 0. The molecule has 1 aromatic heterocycles. The zero-order valence-electron chi connectivity index (χ0n) is 19.7. The molecule has 0 radical (unpaired) electrons. The summed E-state index contributed by atoms with van der Waals surface area (Å²) in [6.45, 7) is 1.99. The quantitative estimate of drug-likeness (QED) is 0.609. The van der Waals surface area contributed by atoms with Crippen LogP contribution in [0, 0.1) is 32.5 Å². The lowest BCUT2D eigenvalue weighted by molar-refractivity contribution is -0.770. The number of allylic oxidation sites excluding steroid dienone is 1. The van der Waals surface area contributed by atoms with Crippen molar-refractivity contribution in [3.63, 3.8) is 0 Å². The minimum Gasteiger partial charge on any atom is -0.218 e. The molecule has 2 aliphatic carbocycles. The predicted octanol–water partition coefficient (Wildman–Crippen LogP) is 5.79. The van der Waals surface area contributed by atoms with Gasteiger partial charge < -0.3 is 0 Å². The maximum Gasteiger partial charge on any atom is 0.259 e. The van der Waals surface area contributed by atoms with Crippen LogP contribution in [-0.2, 0) is 5.54 Å². The fourth-order valence-electron chi connectivity index (χ4n) is 6.38. The SMILES string of the molecule is [2H]C([2H])([2H])c1n(-c2ccccc2C)c(C)c2[n+]1C(C1CCCC1)(C1CCCC1)C=C2. The summed E-state index contributed by atoms with van der Waals surface area (Å²) in [6, 6.07) is 8.17. The van der Waals surface area contributed by atoms with Crippen molar-refractivity contribution in [1.29, 1.82) is 0 Å². The number of aromatic nitrogens is 2. The summed E-state index contributed by atoms with van der Waals surface area (Å²) in [5.41, 5.74) is 4.07. The molecule has 27 heavy (non-hydrogen) atoms. The van der Waals surface area contributed by atoms with Gasteiger partial charge in [-0.05, 0) is 56.4 Å². The van der Waals surface area contributed by atoms with Gasteiger partial charge in [-0.15, -0.1) is 0 Å². The number of benzene rings is 1. The molecular weight excluding hydrogens is 328 g/mol. The Balaban J connectivity index is 1.82. The Labute approximate surface area is 168 Å². The molecule has 0 bridgehead atoms. The van der Waals surface area contributed by atoms with Crippen LogP contribution in [0.1, 0.15) is 78.3 Å². The Kier molecular flexibility index (Phi) is 3.35. The van der Waals surface area contributed by atoms with Crippen LogP contribution in [0.4, 0.5) is 0 Å². The van der Waals surface area contributed by atoms with Crippen LogP contribution in [0.15, 0.2) is 30.3 Å². The third kappa shape index (κ3) is 2.35. The molecule has 0 saturated heterocycles. The number of fused-ring (bicyclic) bond motifs is 1. The van der Waals surface area contributed by atoms with Gasteiger partial charge in [0.1, 0.15) is 11.2 Å². The molecule has 0 N–H and O–H groups in total. The molecule has 2 heterocycles. The minimum atomic E-state index is -2.18. The normalized spacial score (nSPS) is 24.1. The molecule has 2 saturated carbocycles. The van der Waals surface area contributed by atoms with Crippen molar-refractivity contribution in [3.05, 3.63) is 53.1 Å². The maximum absolute atomic E-state index is 8.60. The van der Waals surface area contributed by atoms with Crippen molar-refractivity contribution < 1.29 is 8.68 Å². The molecule has 142 valence electrons. The first-order valence-electron chi connectivity index (χ1n) is 12.3. The van der Waals surface area contributed by atoms with Crippen molar-refractivity contribution >= 4 is 6.08 Å². The second kappa shape index (κ2) is 6.36. The summed E-state index contributed by atoms with van der Waals surface area (Å²) in [5, 5.41) is 0. The number of nitrogens with zero attached hydrogens (tertiary/aromatic N) is 2. The Morgan fingerprint density at radius 2 is 1.63 bits per heavy atom. The second-order valence-corrected chi connectivity index (χ2v) is 8.93. The third-order valence-corrected chi connectivity index (χ3v) is 7.64. The molecule has 2 nitrogen and oxygen atoms in total. The van der Waals surface area contributed by atoms with Crippen LogP contribution in [0.2, 0.25) is 0 Å². The number of hydrogen-bond acceptors (Lipinski definition) is 0. The van der Waals surface area contributed by atoms with Gasteiger partial charge in [0.2, 0.25) is 0 Å². The molecule has 3 aliphatic rings. The van der Waals surface area contributed by atoms with Crippen molar-refractivity contribution in [2.24, 2.45) is 11.8 Å². The largest absolute Gasteiger partial charge is 0.259 e. The number of para-hydroxylation sites is 1. The van der Waals surface area contributed by atoms with Gasteiger partial charge in [-0.1, -0.05) is 43.9 Å². The van der Waals surface area contributed by atoms with E-state index in [-0.39, 0.29) is 5.54 Å². The lowest BCUT2D eigenvalue weighted by Crippen LogP contribution is -2.62. The molecule has 1 aromatic carbocycles. The van der Waals surface area contributed by atoms with E-state index in [2.05, 4.69) is 42.7 Å². The van der Waals surface area contributed by atoms with Gasteiger partial charge >= 0.3 is 0 Å². The van der Waals surface area contributed by atoms with Gasteiger partial charge in [0.25, 0.3) is 5.82 Å². The Bertz CT molecular complexity index is 971. The molecule has 2 aromatic rings. The number of rotatable bonds is 3. The van der Waals surface area contributed by atoms with Crippen molar-refractivity contribution in [2.45, 2.75) is 77.6 Å². The summed E-state index contributed by atoms with van der Waals surface area (Å²) < 4.78 is 30.1. The first-order chi connectivity index (χ1) is 14.4. The summed E-state index contributed by atoms with van der Waals surface area (Å²) in [7, 11) is 0. The van der Waals surface area contributed by atoms with Crippen molar-refractivity contribution in [1.82, 2.24) is 4.57 Å². The smallest absolute Gasteiger partial charge is 0.218 e. The van der Waals surface area contributed by atoms with E-state index in [1.165, 1.54) is 51.4 Å². The fourth-order valence-corrected chi connectivity index (χ4v) is 6.38. The average Bonchev–Trinajstić information content (AvgIpc) is 3.48. The van der Waals surface area contributed by atoms with E-state index in [0.29, 0.717) is 17.7 Å². The van der Waals surface area contributed by atoms with E-state index in [0.717, 1.165) is 22.6 Å². The summed E-state index contributed by atoms with van der Waals surface area (Å²) in [6.07, 6.45) is 14.6. The van der Waals surface area contributed by atoms with Crippen LogP contribution < -0.4 is 4.57 Å². The van der Waals surface area contributed by atoms with E-state index in [1.807, 2.05) is 16.7 Å². The third-order valence-electron chi connectivity index (χ3n) is 7.64. The zero-order valence-corrected chi connectivity index (χ0v) is 16.7. The van der Waals surface area contributed by atoms with Crippen LogP contribution in [0.25, 0.3) is 11.8 Å². The van der Waals surface area contributed by atoms with E-state index in [9.17, 15) is 0 Å². The maximum atomic E-state index is 8.60. The second-order valence-electron chi connectivity index (χ2n) is 8.93. The molecule has 1 aliphatic heterocycles. The monoisotopic (exact) mass is 364 g/mol. The van der Waals surface area contributed by atoms with E-state index >= 15 is 0 Å². The van der Waals surface area contributed by atoms with Gasteiger partial charge in [-0.2, -0.15) is 4.57 Å². The lowest BCUT2D eigenvalue weighted by atomic mass is 9.72. The molecule has 0 amide bonds. The zero-order chi connectivity index (χ0) is 21.1. The van der Waals surface area contributed by atoms with Crippen LogP contribution in [0.5, 0.6) is 0 Å². The van der Waals surface area contributed by atoms with Crippen LogP contribution in [-0.4, -0.2) is 4.57 Å². The first kappa shape index (κ1) is 14.2. The highest BCUT2D eigenvalue weighted by Gasteiger charge is 2.55. The average molecular weight is 365 g/mol. The Morgan fingerprint density at radius 3 is 2.22 bits per heavy atom. The highest BCUT2D eigenvalue weighted by atomic mass is 15.2. The van der Waals surface area contributed by atoms with Crippen LogP contribution >= 0.6 is 0 Å². The van der Waals surface area contributed by atoms with E-state index in [4.69, 9.17) is 4.11 Å². The van der Waals surface area contributed by atoms with Crippen LogP contribution in [0.3, 0.4) is 0 Å². The molecule has 0 unspecified atom stereocenters. The number of imidazole rings is 1.